The average Bonchev–Trinajstić information content (AvgIpc) is 3.06. The Balaban J connectivity index is 1.62. The first-order chi connectivity index (χ1) is 9.19. The molecule has 0 radical (unpaired) electrons. The van der Waals surface area contributed by atoms with Gasteiger partial charge in [-0.25, -0.2) is 5.84 Å². The van der Waals surface area contributed by atoms with Gasteiger partial charge in [-0.05, 0) is 45.8 Å². The number of hydrazine groups is 1. The van der Waals surface area contributed by atoms with E-state index >= 15 is 0 Å². The standard InChI is InChI=1S/C13H26N4O2/c1-16(8-9-17-6-2-3-7-17)10-11-4-5-12(19-11)13(18)15-14/h11-12H,2-10,14H2,1H3,(H,15,18). The molecule has 19 heavy (non-hydrogen) atoms. The molecule has 2 aliphatic heterocycles. The van der Waals surface area contributed by atoms with Crippen LogP contribution < -0.4 is 11.3 Å². The molecule has 0 aliphatic carbocycles. The zero-order valence-electron chi connectivity index (χ0n) is 11.8. The maximum Gasteiger partial charge on any atom is 0.263 e. The van der Waals surface area contributed by atoms with E-state index in [2.05, 4.69) is 22.3 Å². The van der Waals surface area contributed by atoms with E-state index in [1.165, 1.54) is 25.9 Å². The van der Waals surface area contributed by atoms with E-state index in [0.717, 1.165) is 32.5 Å². The minimum atomic E-state index is -0.359. The Hall–Kier alpha value is -0.690. The first kappa shape index (κ1) is 14.7. The fourth-order valence-corrected chi connectivity index (χ4v) is 2.88. The maximum absolute atomic E-state index is 11.4. The van der Waals surface area contributed by atoms with Gasteiger partial charge in [0.05, 0.1) is 6.10 Å². The summed E-state index contributed by atoms with van der Waals surface area (Å²) in [5.41, 5.74) is 2.16. The summed E-state index contributed by atoms with van der Waals surface area (Å²) in [5.74, 6) is 4.91. The van der Waals surface area contributed by atoms with Crippen LogP contribution in [0.3, 0.4) is 0 Å². The van der Waals surface area contributed by atoms with Gasteiger partial charge in [0.1, 0.15) is 6.10 Å². The first-order valence-electron chi connectivity index (χ1n) is 7.26. The van der Waals surface area contributed by atoms with E-state index < -0.39 is 0 Å². The van der Waals surface area contributed by atoms with Gasteiger partial charge >= 0.3 is 0 Å². The molecule has 2 fully saturated rings. The van der Waals surface area contributed by atoms with Gasteiger partial charge in [-0.15, -0.1) is 0 Å². The first-order valence-corrected chi connectivity index (χ1v) is 7.26. The van der Waals surface area contributed by atoms with Crippen LogP contribution in [0.25, 0.3) is 0 Å². The minimum Gasteiger partial charge on any atom is -0.364 e. The molecule has 0 spiro atoms. The molecular formula is C13H26N4O2. The van der Waals surface area contributed by atoms with Crippen LogP contribution >= 0.6 is 0 Å². The summed E-state index contributed by atoms with van der Waals surface area (Å²) in [6, 6.07) is 0. The summed E-state index contributed by atoms with van der Waals surface area (Å²) in [7, 11) is 2.12. The molecule has 0 saturated carbocycles. The van der Waals surface area contributed by atoms with E-state index in [9.17, 15) is 4.79 Å². The minimum absolute atomic E-state index is 0.158. The number of hydrogen-bond donors (Lipinski definition) is 2. The lowest BCUT2D eigenvalue weighted by Gasteiger charge is -2.23. The number of ether oxygens (including phenoxy) is 1. The van der Waals surface area contributed by atoms with Crippen molar-refractivity contribution in [2.24, 2.45) is 5.84 Å². The van der Waals surface area contributed by atoms with Crippen molar-refractivity contribution in [3.8, 4) is 0 Å². The fraction of sp³-hybridized carbons (Fsp3) is 0.923. The van der Waals surface area contributed by atoms with E-state index in [4.69, 9.17) is 10.6 Å². The zero-order valence-corrected chi connectivity index (χ0v) is 11.8. The number of nitrogens with one attached hydrogen (secondary N) is 1. The average molecular weight is 270 g/mol. The topological polar surface area (TPSA) is 70.8 Å². The van der Waals surface area contributed by atoms with Crippen LogP contribution in [0.1, 0.15) is 25.7 Å². The van der Waals surface area contributed by atoms with Gasteiger partial charge in [-0.2, -0.15) is 0 Å². The van der Waals surface area contributed by atoms with E-state index in [-0.39, 0.29) is 18.1 Å². The molecule has 2 saturated heterocycles. The highest BCUT2D eigenvalue weighted by molar-refractivity contribution is 5.80. The Morgan fingerprint density at radius 1 is 1.42 bits per heavy atom. The Morgan fingerprint density at radius 2 is 2.16 bits per heavy atom. The van der Waals surface area contributed by atoms with E-state index in [0.29, 0.717) is 0 Å². The zero-order chi connectivity index (χ0) is 13.7. The molecule has 1 amide bonds. The van der Waals surface area contributed by atoms with Crippen LogP contribution in [-0.4, -0.2) is 67.7 Å². The molecule has 0 aromatic rings. The molecule has 2 aliphatic rings. The Kier molecular flexibility index (Phi) is 5.57. The summed E-state index contributed by atoms with van der Waals surface area (Å²) in [4.78, 5) is 16.2. The second-order valence-corrected chi connectivity index (χ2v) is 5.64. The predicted octanol–water partition coefficient (Wildman–Crippen LogP) is -0.448. The maximum atomic E-state index is 11.4. The van der Waals surface area contributed by atoms with Crippen molar-refractivity contribution >= 4 is 5.91 Å². The molecule has 0 aromatic heterocycles. The molecule has 2 rings (SSSR count). The van der Waals surface area contributed by atoms with Crippen LogP contribution in [0.15, 0.2) is 0 Å². The van der Waals surface area contributed by atoms with Crippen molar-refractivity contribution in [1.82, 2.24) is 15.2 Å². The van der Waals surface area contributed by atoms with Gasteiger partial charge in [0.25, 0.3) is 5.91 Å². The third-order valence-corrected chi connectivity index (χ3v) is 4.05. The molecule has 0 aromatic carbocycles. The van der Waals surface area contributed by atoms with Gasteiger partial charge in [-0.3, -0.25) is 10.2 Å². The number of nitrogens with two attached hydrogens (primary N) is 1. The van der Waals surface area contributed by atoms with Gasteiger partial charge < -0.3 is 14.5 Å². The van der Waals surface area contributed by atoms with Crippen LogP contribution in [-0.2, 0) is 9.53 Å². The number of likely N-dealkylation sites (N-methyl/N-ethyl adjacent to an activating group) is 1. The number of carbonyl (C=O) groups excluding carboxylic acids is 1. The lowest BCUT2D eigenvalue weighted by Crippen LogP contribution is -2.40. The van der Waals surface area contributed by atoms with Crippen molar-refractivity contribution in [3.63, 3.8) is 0 Å². The molecular weight excluding hydrogens is 244 g/mol. The molecule has 3 N–H and O–H groups in total. The molecule has 2 atom stereocenters. The van der Waals surface area contributed by atoms with Crippen molar-refractivity contribution in [3.05, 3.63) is 0 Å². The highest BCUT2D eigenvalue weighted by Crippen LogP contribution is 2.20. The number of rotatable bonds is 6. The number of likely N-dealkylation sites (tertiary alicyclic amines) is 1. The number of carbonyl (C=O) groups is 1. The van der Waals surface area contributed by atoms with Crippen LogP contribution in [0.2, 0.25) is 0 Å². The molecule has 0 bridgehead atoms. The van der Waals surface area contributed by atoms with Crippen molar-refractivity contribution < 1.29 is 9.53 Å². The highest BCUT2D eigenvalue weighted by Gasteiger charge is 2.30. The molecule has 2 unspecified atom stereocenters. The number of nitrogens with zero attached hydrogens (tertiary/aromatic N) is 2. The van der Waals surface area contributed by atoms with Gasteiger partial charge in [-0.1, -0.05) is 0 Å². The van der Waals surface area contributed by atoms with Crippen LogP contribution in [0.5, 0.6) is 0 Å². The quantitative estimate of drug-likeness (QED) is 0.389. The Morgan fingerprint density at radius 3 is 2.84 bits per heavy atom. The van der Waals surface area contributed by atoms with Crippen LogP contribution in [0.4, 0.5) is 0 Å². The monoisotopic (exact) mass is 270 g/mol. The second-order valence-electron chi connectivity index (χ2n) is 5.64. The third kappa shape index (κ3) is 4.42. The van der Waals surface area contributed by atoms with E-state index in [1.54, 1.807) is 0 Å². The lowest BCUT2D eigenvalue weighted by atomic mass is 10.2. The summed E-state index contributed by atoms with van der Waals surface area (Å²) in [6.07, 6.45) is 4.18. The number of amides is 1. The Bertz CT molecular complexity index is 294. The number of hydrogen-bond acceptors (Lipinski definition) is 5. The fourth-order valence-electron chi connectivity index (χ4n) is 2.88. The van der Waals surface area contributed by atoms with Gasteiger partial charge in [0.2, 0.25) is 0 Å². The Labute approximate surface area is 115 Å². The molecule has 6 heteroatoms. The van der Waals surface area contributed by atoms with Crippen LogP contribution in [0, 0.1) is 0 Å². The summed E-state index contributed by atoms with van der Waals surface area (Å²) >= 11 is 0. The van der Waals surface area contributed by atoms with Crippen molar-refractivity contribution in [2.75, 3.05) is 39.8 Å². The molecule has 6 nitrogen and oxygen atoms in total. The molecule has 2 heterocycles. The summed E-state index contributed by atoms with van der Waals surface area (Å²) in [6.45, 7) is 5.57. The molecule has 110 valence electrons. The normalized spacial score (nSPS) is 28.2. The smallest absolute Gasteiger partial charge is 0.263 e. The van der Waals surface area contributed by atoms with Crippen molar-refractivity contribution in [2.45, 2.75) is 37.9 Å². The predicted molar refractivity (Wildman–Crippen MR) is 73.4 cm³/mol. The largest absolute Gasteiger partial charge is 0.364 e. The lowest BCUT2D eigenvalue weighted by molar-refractivity contribution is -0.132. The van der Waals surface area contributed by atoms with E-state index in [1.807, 2.05) is 0 Å². The van der Waals surface area contributed by atoms with Gasteiger partial charge in [0, 0.05) is 19.6 Å². The van der Waals surface area contributed by atoms with Crippen molar-refractivity contribution in [1.29, 1.82) is 0 Å². The summed E-state index contributed by atoms with van der Waals surface area (Å²) in [5, 5.41) is 0. The summed E-state index contributed by atoms with van der Waals surface area (Å²) < 4.78 is 5.71. The highest BCUT2D eigenvalue weighted by atomic mass is 16.5. The second kappa shape index (κ2) is 7.19. The third-order valence-electron chi connectivity index (χ3n) is 4.05. The SMILES string of the molecule is CN(CCN1CCCC1)CC1CCC(C(=O)NN)O1. The van der Waals surface area contributed by atoms with Gasteiger partial charge in [0.15, 0.2) is 0 Å².